The van der Waals surface area contributed by atoms with Crippen LogP contribution in [0.4, 0.5) is 0 Å². The zero-order valence-electron chi connectivity index (χ0n) is 12.2. The smallest absolute Gasteiger partial charge is 0.253 e. The quantitative estimate of drug-likeness (QED) is 0.761. The van der Waals surface area contributed by atoms with Crippen LogP contribution in [0.15, 0.2) is 53.6 Å². The monoisotopic (exact) mass is 346 g/mol. The Bertz CT molecular complexity index is 1010. The van der Waals surface area contributed by atoms with E-state index in [1.54, 1.807) is 18.2 Å². The normalized spacial score (nSPS) is 16.6. The fourth-order valence-electron chi connectivity index (χ4n) is 3.39. The number of nitrogens with one attached hydrogen (secondary N) is 1. The first-order valence-electron chi connectivity index (χ1n) is 7.32. The number of hydrogen-bond acceptors (Lipinski definition) is 2. The van der Waals surface area contributed by atoms with Gasteiger partial charge in [-0.15, -0.1) is 0 Å². The summed E-state index contributed by atoms with van der Waals surface area (Å²) in [4.78, 5) is 2.98. The van der Waals surface area contributed by atoms with Crippen molar-refractivity contribution in [3.63, 3.8) is 0 Å². The molecule has 0 aliphatic heterocycles. The minimum Gasteiger partial charge on any atom is -0.344 e. The maximum Gasteiger partial charge on any atom is 0.253 e. The molecule has 1 fully saturated rings. The molecule has 4 nitrogen and oxygen atoms in total. The molecule has 6 heteroatoms. The fourth-order valence-corrected chi connectivity index (χ4v) is 4.41. The second kappa shape index (κ2) is 4.84. The van der Waals surface area contributed by atoms with E-state index >= 15 is 0 Å². The van der Waals surface area contributed by atoms with Crippen molar-refractivity contribution in [3.05, 3.63) is 64.7 Å². The number of sulfonamides is 1. The molecule has 23 heavy (non-hydrogen) atoms. The molecule has 0 amide bonds. The molecule has 4 rings (SSSR count). The van der Waals surface area contributed by atoms with Crippen LogP contribution in [0.3, 0.4) is 0 Å². The van der Waals surface area contributed by atoms with Gasteiger partial charge in [-0.3, -0.25) is 0 Å². The summed E-state index contributed by atoms with van der Waals surface area (Å²) in [6.07, 6.45) is 1.78. The van der Waals surface area contributed by atoms with Crippen LogP contribution in [-0.4, -0.2) is 13.4 Å². The van der Waals surface area contributed by atoms with Gasteiger partial charge < -0.3 is 4.98 Å². The van der Waals surface area contributed by atoms with Crippen molar-refractivity contribution < 1.29 is 8.42 Å². The van der Waals surface area contributed by atoms with E-state index in [9.17, 15) is 8.42 Å². The molecule has 118 valence electrons. The first-order valence-corrected chi connectivity index (χ1v) is 9.24. The molecular formula is C17H15ClN2O2S. The molecule has 1 aliphatic rings. The lowest BCUT2D eigenvalue weighted by Crippen LogP contribution is -2.19. The van der Waals surface area contributed by atoms with Crippen molar-refractivity contribution in [3.8, 4) is 0 Å². The molecule has 0 saturated heterocycles. The molecule has 1 saturated carbocycles. The van der Waals surface area contributed by atoms with Gasteiger partial charge in [0.15, 0.2) is 5.03 Å². The van der Waals surface area contributed by atoms with Gasteiger partial charge in [0, 0.05) is 26.9 Å². The van der Waals surface area contributed by atoms with E-state index in [1.807, 2.05) is 30.3 Å². The lowest BCUT2D eigenvalue weighted by Gasteiger charge is -2.17. The molecule has 3 N–H and O–H groups in total. The minimum atomic E-state index is -3.86. The molecule has 2 aromatic carbocycles. The van der Waals surface area contributed by atoms with Crippen molar-refractivity contribution in [1.29, 1.82) is 0 Å². The zero-order valence-corrected chi connectivity index (χ0v) is 13.8. The van der Waals surface area contributed by atoms with Crippen LogP contribution in [0, 0.1) is 0 Å². The number of H-pyrrole nitrogens is 1. The highest BCUT2D eigenvalue weighted by Gasteiger charge is 2.50. The van der Waals surface area contributed by atoms with E-state index in [0.717, 1.165) is 34.9 Å². The molecule has 3 aromatic rings. The Labute approximate surface area is 139 Å². The van der Waals surface area contributed by atoms with Gasteiger partial charge in [-0.2, -0.15) is 0 Å². The summed E-state index contributed by atoms with van der Waals surface area (Å²) in [5.74, 6) is 0. The Hall–Kier alpha value is -1.82. The van der Waals surface area contributed by atoms with Crippen molar-refractivity contribution in [2.75, 3.05) is 0 Å². The predicted molar refractivity (Wildman–Crippen MR) is 91.1 cm³/mol. The Balaban J connectivity index is 2.08. The molecule has 0 radical (unpaired) electrons. The first kappa shape index (κ1) is 14.8. The van der Waals surface area contributed by atoms with Gasteiger partial charge >= 0.3 is 0 Å². The first-order chi connectivity index (χ1) is 10.9. The van der Waals surface area contributed by atoms with Gasteiger partial charge in [0.2, 0.25) is 0 Å². The number of aromatic amines is 1. The zero-order chi connectivity index (χ0) is 16.2. The third kappa shape index (κ3) is 2.27. The van der Waals surface area contributed by atoms with E-state index < -0.39 is 10.0 Å². The van der Waals surface area contributed by atoms with E-state index in [2.05, 4.69) is 4.98 Å². The van der Waals surface area contributed by atoms with Gasteiger partial charge in [0.25, 0.3) is 10.0 Å². The summed E-state index contributed by atoms with van der Waals surface area (Å²) in [6.45, 7) is 0. The summed E-state index contributed by atoms with van der Waals surface area (Å²) in [6, 6.07) is 15.3. The van der Waals surface area contributed by atoms with E-state index in [1.165, 1.54) is 0 Å². The third-order valence-electron chi connectivity index (χ3n) is 4.57. The summed E-state index contributed by atoms with van der Waals surface area (Å²) in [5, 5.41) is 6.96. The van der Waals surface area contributed by atoms with Crippen LogP contribution in [0.5, 0.6) is 0 Å². The van der Waals surface area contributed by atoms with E-state index in [-0.39, 0.29) is 10.4 Å². The van der Waals surface area contributed by atoms with Crippen LogP contribution in [0.2, 0.25) is 5.02 Å². The molecule has 0 atom stereocenters. The number of halogens is 1. The summed E-state index contributed by atoms with van der Waals surface area (Å²) in [5.41, 5.74) is 2.26. The number of hydrogen-bond donors (Lipinski definition) is 2. The van der Waals surface area contributed by atoms with E-state index in [0.29, 0.717) is 5.02 Å². The fraction of sp³-hybridized carbons (Fsp3) is 0.176. The molecule has 0 unspecified atom stereocenters. The van der Waals surface area contributed by atoms with Gasteiger partial charge in [-0.05, 0) is 36.6 Å². The van der Waals surface area contributed by atoms with Crippen molar-refractivity contribution in [2.45, 2.75) is 23.3 Å². The SMILES string of the molecule is NS(=O)(=O)c1[nH]c2ccc(Cl)cc2c1C1(c2ccccc2)CC1. The molecule has 0 bridgehead atoms. The van der Waals surface area contributed by atoms with Gasteiger partial charge in [-0.25, -0.2) is 13.6 Å². The highest BCUT2D eigenvalue weighted by Crippen LogP contribution is 2.57. The Kier molecular flexibility index (Phi) is 3.10. The number of nitrogens with two attached hydrogens (primary N) is 1. The molecule has 0 spiro atoms. The van der Waals surface area contributed by atoms with Crippen LogP contribution in [0.1, 0.15) is 24.0 Å². The average molecular weight is 347 g/mol. The standard InChI is InChI=1S/C17H15ClN2O2S/c18-12-6-7-14-13(10-12)15(16(20-14)23(19,21)22)17(8-9-17)11-4-2-1-3-5-11/h1-7,10,20H,8-9H2,(H2,19,21,22). The molecule has 1 aliphatic carbocycles. The Morgan fingerprint density at radius 1 is 1.09 bits per heavy atom. The third-order valence-corrected chi connectivity index (χ3v) is 5.68. The van der Waals surface area contributed by atoms with Crippen LogP contribution >= 0.6 is 11.6 Å². The Morgan fingerprint density at radius 3 is 2.39 bits per heavy atom. The lowest BCUT2D eigenvalue weighted by atomic mass is 9.88. The van der Waals surface area contributed by atoms with Crippen molar-refractivity contribution in [1.82, 2.24) is 4.98 Å². The predicted octanol–water partition coefficient (Wildman–Crippen LogP) is 3.55. The van der Waals surface area contributed by atoms with Crippen molar-refractivity contribution in [2.24, 2.45) is 5.14 Å². The highest BCUT2D eigenvalue weighted by atomic mass is 35.5. The summed E-state index contributed by atoms with van der Waals surface area (Å²) >= 11 is 6.14. The summed E-state index contributed by atoms with van der Waals surface area (Å²) < 4.78 is 24.3. The topological polar surface area (TPSA) is 76.0 Å². The number of primary sulfonamides is 1. The van der Waals surface area contributed by atoms with Gasteiger partial charge in [-0.1, -0.05) is 41.9 Å². The molecule has 1 heterocycles. The number of benzene rings is 2. The van der Waals surface area contributed by atoms with E-state index in [4.69, 9.17) is 16.7 Å². The summed E-state index contributed by atoms with van der Waals surface area (Å²) in [7, 11) is -3.86. The van der Waals surface area contributed by atoms with Gasteiger partial charge in [0.05, 0.1) is 0 Å². The highest BCUT2D eigenvalue weighted by molar-refractivity contribution is 7.89. The second-order valence-corrected chi connectivity index (χ2v) is 7.95. The van der Waals surface area contributed by atoms with Crippen LogP contribution in [-0.2, 0) is 15.4 Å². The lowest BCUT2D eigenvalue weighted by molar-refractivity contribution is 0.592. The second-order valence-electron chi connectivity index (χ2n) is 6.01. The number of fused-ring (bicyclic) bond motifs is 1. The van der Waals surface area contributed by atoms with Gasteiger partial charge in [0.1, 0.15) is 0 Å². The number of aromatic nitrogens is 1. The minimum absolute atomic E-state index is 0.0936. The molecule has 1 aromatic heterocycles. The van der Waals surface area contributed by atoms with Crippen LogP contribution < -0.4 is 5.14 Å². The largest absolute Gasteiger partial charge is 0.344 e. The Morgan fingerprint density at radius 2 is 1.78 bits per heavy atom. The molecular weight excluding hydrogens is 332 g/mol. The number of rotatable bonds is 3. The maximum absolute atomic E-state index is 12.1. The van der Waals surface area contributed by atoms with Crippen molar-refractivity contribution >= 4 is 32.5 Å². The average Bonchev–Trinajstić information content (AvgIpc) is 3.22. The van der Waals surface area contributed by atoms with Crippen LogP contribution in [0.25, 0.3) is 10.9 Å². The maximum atomic E-state index is 12.1.